The van der Waals surface area contributed by atoms with Crippen LogP contribution in [0.25, 0.3) is 6.08 Å². The summed E-state index contributed by atoms with van der Waals surface area (Å²) in [5.41, 5.74) is 0.989. The van der Waals surface area contributed by atoms with Gasteiger partial charge in [-0.25, -0.2) is 4.79 Å². The molecule has 1 aromatic rings. The Bertz CT molecular complexity index is 573. The minimum Gasteiger partial charge on any atom is -0.548 e. The zero-order valence-electron chi connectivity index (χ0n) is 14.3. The molecule has 5 nitrogen and oxygen atoms in total. The van der Waals surface area contributed by atoms with Gasteiger partial charge in [-0.2, -0.15) is 0 Å². The lowest BCUT2D eigenvalue weighted by Crippen LogP contribution is -2.24. The van der Waals surface area contributed by atoms with Crippen molar-refractivity contribution in [3.05, 3.63) is 29.0 Å². The maximum atomic E-state index is 12.1. The molecule has 0 amide bonds. The van der Waals surface area contributed by atoms with Crippen molar-refractivity contribution in [1.29, 1.82) is 0 Å². The van der Waals surface area contributed by atoms with Gasteiger partial charge in [-0.05, 0) is 44.3 Å². The predicted octanol–water partition coefficient (Wildman–Crippen LogP) is 3.70. The van der Waals surface area contributed by atoms with E-state index in [4.69, 9.17) is 18.6 Å². The van der Waals surface area contributed by atoms with E-state index in [0.29, 0.717) is 22.6 Å². The van der Waals surface area contributed by atoms with Crippen LogP contribution in [0.2, 0.25) is 19.6 Å². The van der Waals surface area contributed by atoms with Crippen molar-refractivity contribution in [2.24, 2.45) is 0 Å². The summed E-state index contributed by atoms with van der Waals surface area (Å²) in [6.07, 6.45) is 1.80. The second-order valence-electron chi connectivity index (χ2n) is 5.75. The summed E-state index contributed by atoms with van der Waals surface area (Å²) >= 11 is 0. The van der Waals surface area contributed by atoms with E-state index in [1.807, 2.05) is 6.92 Å². The maximum Gasteiger partial charge on any atom is 0.342 e. The average molecular weight is 324 g/mol. The Hall–Kier alpha value is -1.95. The normalized spacial score (nSPS) is 11.9. The largest absolute Gasteiger partial charge is 0.548 e. The van der Waals surface area contributed by atoms with E-state index in [0.717, 1.165) is 5.76 Å². The van der Waals surface area contributed by atoms with Gasteiger partial charge in [-0.1, -0.05) is 0 Å². The van der Waals surface area contributed by atoms with Crippen LogP contribution in [0.1, 0.15) is 22.8 Å². The number of hydrogen-bond donors (Lipinski definition) is 0. The van der Waals surface area contributed by atoms with Crippen LogP contribution in [0.5, 0.6) is 11.5 Å². The monoisotopic (exact) mass is 324 g/mol. The second-order valence-corrected chi connectivity index (χ2v) is 10.2. The van der Waals surface area contributed by atoms with Crippen LogP contribution >= 0.6 is 0 Å². The zero-order chi connectivity index (χ0) is 16.9. The van der Waals surface area contributed by atoms with Gasteiger partial charge in [0.05, 0.1) is 27.1 Å². The van der Waals surface area contributed by atoms with Crippen LogP contribution in [0.4, 0.5) is 0 Å². The maximum absolute atomic E-state index is 12.1. The smallest absolute Gasteiger partial charge is 0.342 e. The molecule has 0 aliphatic carbocycles. The Kier molecular flexibility index (Phi) is 6.05. The summed E-state index contributed by atoms with van der Waals surface area (Å²) < 4.78 is 21.3. The van der Waals surface area contributed by atoms with E-state index in [1.165, 1.54) is 14.2 Å². The number of ether oxygens (including phenoxy) is 3. The van der Waals surface area contributed by atoms with Gasteiger partial charge in [0, 0.05) is 6.07 Å². The fourth-order valence-electron chi connectivity index (χ4n) is 2.06. The third-order valence-corrected chi connectivity index (χ3v) is 3.71. The molecule has 0 aromatic heterocycles. The highest BCUT2D eigenvalue weighted by Gasteiger charge is 2.20. The van der Waals surface area contributed by atoms with Crippen molar-refractivity contribution in [2.45, 2.75) is 26.6 Å². The van der Waals surface area contributed by atoms with Crippen molar-refractivity contribution in [1.82, 2.24) is 0 Å². The number of allylic oxidation sites excluding steroid dienone is 1. The van der Waals surface area contributed by atoms with Crippen LogP contribution in [0.15, 0.2) is 17.9 Å². The lowest BCUT2D eigenvalue weighted by Gasteiger charge is -2.20. The molecule has 0 bridgehead atoms. The fourth-order valence-corrected chi connectivity index (χ4v) is 3.08. The molecule has 0 radical (unpaired) electrons. The van der Waals surface area contributed by atoms with Crippen molar-refractivity contribution >= 4 is 20.4 Å². The first-order valence-corrected chi connectivity index (χ1v) is 10.3. The van der Waals surface area contributed by atoms with Gasteiger partial charge >= 0.3 is 5.97 Å². The highest BCUT2D eigenvalue weighted by molar-refractivity contribution is 6.70. The van der Waals surface area contributed by atoms with Gasteiger partial charge in [0.2, 0.25) is 8.32 Å². The number of benzene rings is 1. The fraction of sp³-hybridized carbons (Fsp3) is 0.438. The highest BCUT2D eigenvalue weighted by atomic mass is 28.4. The molecule has 122 valence electrons. The minimum atomic E-state index is -1.72. The van der Waals surface area contributed by atoms with Crippen molar-refractivity contribution in [3.8, 4) is 11.5 Å². The number of esters is 1. The summed E-state index contributed by atoms with van der Waals surface area (Å²) in [5, 5.41) is 0. The van der Waals surface area contributed by atoms with Crippen LogP contribution in [0, 0.1) is 0 Å². The topological polar surface area (TPSA) is 54.0 Å². The Balaban J connectivity index is 3.42. The zero-order valence-corrected chi connectivity index (χ0v) is 15.3. The van der Waals surface area contributed by atoms with Crippen molar-refractivity contribution < 1.29 is 23.4 Å². The van der Waals surface area contributed by atoms with Gasteiger partial charge in [-0.15, -0.1) is 0 Å². The molecule has 0 N–H and O–H groups in total. The molecule has 6 heteroatoms. The number of hydrogen-bond acceptors (Lipinski definition) is 5. The molecule has 0 aliphatic rings. The van der Waals surface area contributed by atoms with Crippen molar-refractivity contribution in [2.75, 3.05) is 21.3 Å². The molecule has 22 heavy (non-hydrogen) atoms. The second kappa shape index (κ2) is 7.35. The first-order chi connectivity index (χ1) is 10.2. The molecular formula is C16H24O5Si. The molecule has 0 heterocycles. The summed E-state index contributed by atoms with van der Waals surface area (Å²) in [6.45, 7) is 8.15. The molecule has 1 rings (SSSR count). The lowest BCUT2D eigenvalue weighted by molar-refractivity contribution is 0.0597. The number of carbonyl (C=O) groups is 1. The van der Waals surface area contributed by atoms with Crippen LogP contribution in [-0.4, -0.2) is 35.6 Å². The summed E-state index contributed by atoms with van der Waals surface area (Å²) in [4.78, 5) is 12.1. The summed E-state index contributed by atoms with van der Waals surface area (Å²) in [6, 6.07) is 3.41. The quantitative estimate of drug-likeness (QED) is 0.454. The first-order valence-electron chi connectivity index (χ1n) is 6.93. The van der Waals surface area contributed by atoms with E-state index in [1.54, 1.807) is 25.3 Å². The molecule has 0 spiro atoms. The van der Waals surface area contributed by atoms with Crippen molar-refractivity contribution in [3.63, 3.8) is 0 Å². The Morgan fingerprint density at radius 1 is 1.09 bits per heavy atom. The van der Waals surface area contributed by atoms with E-state index >= 15 is 0 Å². The van der Waals surface area contributed by atoms with Gasteiger partial charge < -0.3 is 18.6 Å². The molecular weight excluding hydrogens is 300 g/mol. The molecule has 0 fully saturated rings. The lowest BCUT2D eigenvalue weighted by atomic mass is 10.0. The molecule has 0 aliphatic heterocycles. The van der Waals surface area contributed by atoms with Crippen LogP contribution in [-0.2, 0) is 9.16 Å². The number of carbonyl (C=O) groups excluding carboxylic acids is 1. The number of methoxy groups -OCH3 is 3. The van der Waals surface area contributed by atoms with E-state index in [-0.39, 0.29) is 0 Å². The summed E-state index contributed by atoms with van der Waals surface area (Å²) in [5.74, 6) is 1.26. The van der Waals surface area contributed by atoms with Gasteiger partial charge in [-0.3, -0.25) is 0 Å². The molecule has 0 unspecified atom stereocenters. The first kappa shape index (κ1) is 18.1. The van der Waals surface area contributed by atoms with Crippen LogP contribution in [0.3, 0.4) is 0 Å². The average Bonchev–Trinajstić information content (AvgIpc) is 2.43. The Labute approximate surface area is 133 Å². The van der Waals surface area contributed by atoms with Crippen LogP contribution < -0.4 is 9.47 Å². The third kappa shape index (κ3) is 4.80. The molecule has 0 saturated carbocycles. The van der Waals surface area contributed by atoms with E-state index < -0.39 is 14.3 Å². The SMILES string of the molecule is COC(=O)c1c(/C=C(\C)O[Si](C)(C)C)cc(OC)cc1OC. The Morgan fingerprint density at radius 3 is 2.18 bits per heavy atom. The minimum absolute atomic E-state index is 0.351. The van der Waals surface area contributed by atoms with Gasteiger partial charge in [0.25, 0.3) is 0 Å². The third-order valence-electron chi connectivity index (χ3n) is 2.78. The number of rotatable bonds is 6. The molecule has 1 aromatic carbocycles. The molecule has 0 atom stereocenters. The van der Waals surface area contributed by atoms with E-state index in [2.05, 4.69) is 19.6 Å². The standard InChI is InChI=1S/C16H24O5Si/c1-11(21-22(5,6)7)8-12-9-13(18-2)10-14(19-3)15(12)16(17)20-4/h8-10H,1-7H3/b11-8+. The molecule has 0 saturated heterocycles. The van der Waals surface area contributed by atoms with E-state index in [9.17, 15) is 4.79 Å². The van der Waals surface area contributed by atoms with Gasteiger partial charge in [0.15, 0.2) is 0 Å². The Morgan fingerprint density at radius 2 is 1.73 bits per heavy atom. The predicted molar refractivity (Wildman–Crippen MR) is 89.0 cm³/mol. The summed E-state index contributed by atoms with van der Waals surface area (Å²) in [7, 11) is 2.68. The highest BCUT2D eigenvalue weighted by Crippen LogP contribution is 2.31. The van der Waals surface area contributed by atoms with Gasteiger partial charge in [0.1, 0.15) is 17.1 Å².